The Kier molecular flexibility index (Phi) is 2.87. The molecule has 0 aliphatic carbocycles. The molecule has 0 bridgehead atoms. The smallest absolute Gasteiger partial charge is 0.152 e. The van der Waals surface area contributed by atoms with Gasteiger partial charge < -0.3 is 4.29 Å². The van der Waals surface area contributed by atoms with E-state index in [4.69, 9.17) is 16.2 Å². The van der Waals surface area contributed by atoms with Crippen molar-refractivity contribution < 1.29 is 4.29 Å². The molecular weight excluding hydrogens is 184 g/mol. The Hall–Kier alpha value is -0.690. The first-order valence-corrected chi connectivity index (χ1v) is 4.67. The molecular formula is C11H15ClO. The minimum atomic E-state index is 0.808. The van der Waals surface area contributed by atoms with E-state index in [1.807, 2.05) is 13.8 Å². The lowest BCUT2D eigenvalue weighted by Gasteiger charge is -2.15. The number of benzene rings is 1. The van der Waals surface area contributed by atoms with Crippen LogP contribution in [0.3, 0.4) is 0 Å². The van der Waals surface area contributed by atoms with Gasteiger partial charge in [0.15, 0.2) is 5.75 Å². The second kappa shape index (κ2) is 3.59. The van der Waals surface area contributed by atoms with E-state index in [0.29, 0.717) is 0 Å². The van der Waals surface area contributed by atoms with E-state index < -0.39 is 0 Å². The zero-order chi connectivity index (χ0) is 10.2. The molecule has 0 unspecified atom stereocenters. The van der Waals surface area contributed by atoms with Gasteiger partial charge in [0.25, 0.3) is 0 Å². The highest BCUT2D eigenvalue weighted by molar-refractivity contribution is 6.09. The van der Waals surface area contributed by atoms with Crippen molar-refractivity contribution in [2.45, 2.75) is 34.6 Å². The zero-order valence-electron chi connectivity index (χ0n) is 8.79. The lowest BCUT2D eigenvalue weighted by atomic mass is 9.94. The Balaban J connectivity index is 3.56. The third-order valence-corrected chi connectivity index (χ3v) is 3.16. The molecule has 0 fully saturated rings. The van der Waals surface area contributed by atoms with Gasteiger partial charge in [-0.15, -0.1) is 0 Å². The molecule has 13 heavy (non-hydrogen) atoms. The second-order valence-corrected chi connectivity index (χ2v) is 3.69. The zero-order valence-corrected chi connectivity index (χ0v) is 9.54. The van der Waals surface area contributed by atoms with E-state index >= 15 is 0 Å². The van der Waals surface area contributed by atoms with E-state index in [2.05, 4.69) is 20.8 Å². The summed E-state index contributed by atoms with van der Waals surface area (Å²) < 4.78 is 4.86. The van der Waals surface area contributed by atoms with Crippen molar-refractivity contribution in [3.8, 4) is 5.75 Å². The van der Waals surface area contributed by atoms with Crippen molar-refractivity contribution in [2.75, 3.05) is 0 Å². The van der Waals surface area contributed by atoms with Gasteiger partial charge in [-0.25, -0.2) is 0 Å². The van der Waals surface area contributed by atoms with Crippen LogP contribution in [-0.4, -0.2) is 0 Å². The first kappa shape index (κ1) is 10.4. The molecule has 0 amide bonds. The fourth-order valence-corrected chi connectivity index (χ4v) is 1.81. The highest BCUT2D eigenvalue weighted by atomic mass is 35.5. The lowest BCUT2D eigenvalue weighted by molar-refractivity contribution is 0.605. The normalized spacial score (nSPS) is 10.3. The molecule has 0 saturated heterocycles. The largest absolute Gasteiger partial charge is 0.385 e. The molecule has 0 heterocycles. The van der Waals surface area contributed by atoms with Gasteiger partial charge in [-0.1, -0.05) is 0 Å². The van der Waals surface area contributed by atoms with Crippen LogP contribution < -0.4 is 4.29 Å². The molecule has 2 heteroatoms. The summed E-state index contributed by atoms with van der Waals surface area (Å²) >= 11 is 5.43. The van der Waals surface area contributed by atoms with Gasteiger partial charge in [-0.3, -0.25) is 0 Å². The third-order valence-electron chi connectivity index (χ3n) is 3.01. The number of rotatable bonds is 1. The van der Waals surface area contributed by atoms with Crippen molar-refractivity contribution in [3.05, 3.63) is 27.8 Å². The molecule has 0 saturated carbocycles. The van der Waals surface area contributed by atoms with Gasteiger partial charge in [0.05, 0.1) is 0 Å². The van der Waals surface area contributed by atoms with Crippen molar-refractivity contribution in [3.63, 3.8) is 0 Å². The van der Waals surface area contributed by atoms with Crippen molar-refractivity contribution in [1.29, 1.82) is 0 Å². The molecule has 1 aromatic rings. The average Bonchev–Trinajstić information content (AvgIpc) is 2.13. The second-order valence-electron chi connectivity index (χ2n) is 3.53. The van der Waals surface area contributed by atoms with Crippen LogP contribution in [-0.2, 0) is 0 Å². The van der Waals surface area contributed by atoms with E-state index in [1.165, 1.54) is 16.7 Å². The fraction of sp³-hybridized carbons (Fsp3) is 0.455. The maximum atomic E-state index is 5.43. The first-order valence-electron chi connectivity index (χ1n) is 4.36. The van der Waals surface area contributed by atoms with Gasteiger partial charge in [-0.05, 0) is 62.4 Å². The van der Waals surface area contributed by atoms with Gasteiger partial charge in [0.2, 0.25) is 0 Å². The molecule has 0 aromatic heterocycles. The van der Waals surface area contributed by atoms with Gasteiger partial charge in [0, 0.05) is 0 Å². The quantitative estimate of drug-likeness (QED) is 0.668. The van der Waals surface area contributed by atoms with Crippen LogP contribution in [0.2, 0.25) is 0 Å². The predicted octanol–water partition coefficient (Wildman–Crippen LogP) is 3.76. The summed E-state index contributed by atoms with van der Waals surface area (Å²) in [6, 6.07) is 0. The van der Waals surface area contributed by atoms with Gasteiger partial charge in [0.1, 0.15) is 11.9 Å². The highest BCUT2D eigenvalue weighted by Gasteiger charge is 2.12. The molecule has 0 radical (unpaired) electrons. The van der Waals surface area contributed by atoms with Crippen LogP contribution in [0.25, 0.3) is 0 Å². The van der Waals surface area contributed by atoms with E-state index in [1.54, 1.807) is 0 Å². The Morgan fingerprint density at radius 3 is 1.31 bits per heavy atom. The predicted molar refractivity (Wildman–Crippen MR) is 56.6 cm³/mol. The summed E-state index contributed by atoms with van der Waals surface area (Å²) in [5.74, 6) is 0.808. The molecule has 0 N–H and O–H groups in total. The lowest BCUT2D eigenvalue weighted by Crippen LogP contribution is -1.97. The summed E-state index contributed by atoms with van der Waals surface area (Å²) in [7, 11) is 0. The van der Waals surface area contributed by atoms with Crippen LogP contribution in [0.5, 0.6) is 5.75 Å². The average molecular weight is 199 g/mol. The summed E-state index contributed by atoms with van der Waals surface area (Å²) in [4.78, 5) is 0. The molecule has 0 aliphatic heterocycles. The fourth-order valence-electron chi connectivity index (χ4n) is 1.58. The Bertz CT molecular complexity index is 313. The molecule has 72 valence electrons. The van der Waals surface area contributed by atoms with E-state index in [9.17, 15) is 0 Å². The molecule has 1 rings (SSSR count). The number of hydrogen-bond donors (Lipinski definition) is 0. The van der Waals surface area contributed by atoms with Crippen LogP contribution >= 0.6 is 11.9 Å². The maximum Gasteiger partial charge on any atom is 0.152 e. The van der Waals surface area contributed by atoms with Crippen LogP contribution in [0.15, 0.2) is 0 Å². The molecule has 0 aliphatic rings. The Morgan fingerprint density at radius 1 is 0.692 bits per heavy atom. The topological polar surface area (TPSA) is 9.23 Å². The van der Waals surface area contributed by atoms with Crippen LogP contribution in [0.4, 0.5) is 0 Å². The third kappa shape index (κ3) is 1.53. The number of halogens is 1. The molecule has 1 nitrogen and oxygen atoms in total. The van der Waals surface area contributed by atoms with E-state index in [-0.39, 0.29) is 0 Å². The summed E-state index contributed by atoms with van der Waals surface area (Å²) in [5.41, 5.74) is 6.12. The van der Waals surface area contributed by atoms with Crippen molar-refractivity contribution in [1.82, 2.24) is 0 Å². The summed E-state index contributed by atoms with van der Waals surface area (Å²) in [6.07, 6.45) is 0. The van der Waals surface area contributed by atoms with Gasteiger partial charge in [-0.2, -0.15) is 0 Å². The highest BCUT2D eigenvalue weighted by Crippen LogP contribution is 2.32. The summed E-state index contributed by atoms with van der Waals surface area (Å²) in [5, 5.41) is 0. The minimum Gasteiger partial charge on any atom is -0.385 e. The summed E-state index contributed by atoms with van der Waals surface area (Å²) in [6.45, 7) is 10.4. The SMILES string of the molecule is Cc1c(C)c(C)c(OCl)c(C)c1C. The number of hydrogen-bond acceptors (Lipinski definition) is 1. The van der Waals surface area contributed by atoms with E-state index in [0.717, 1.165) is 16.9 Å². The first-order chi connectivity index (χ1) is 6.00. The monoisotopic (exact) mass is 198 g/mol. The van der Waals surface area contributed by atoms with Crippen LogP contribution in [0.1, 0.15) is 27.8 Å². The molecule has 0 atom stereocenters. The Labute approximate surface area is 84.8 Å². The van der Waals surface area contributed by atoms with Gasteiger partial charge >= 0.3 is 0 Å². The van der Waals surface area contributed by atoms with Crippen molar-refractivity contribution >= 4 is 11.9 Å². The Morgan fingerprint density at radius 2 is 1.00 bits per heavy atom. The van der Waals surface area contributed by atoms with Crippen molar-refractivity contribution in [2.24, 2.45) is 0 Å². The molecule has 0 spiro atoms. The maximum absolute atomic E-state index is 5.43. The minimum absolute atomic E-state index is 0.808. The van der Waals surface area contributed by atoms with Crippen LogP contribution in [0, 0.1) is 34.6 Å². The molecule has 1 aromatic carbocycles. The standard InChI is InChI=1S/C11H15ClO/c1-6-7(2)9(4)11(13-12)10(5)8(6)3/h1-5H3.